The summed E-state index contributed by atoms with van der Waals surface area (Å²) in [6, 6.07) is 3.97. The van der Waals surface area contributed by atoms with Crippen LogP contribution in [-0.2, 0) is 4.79 Å². The van der Waals surface area contributed by atoms with Gasteiger partial charge in [0.05, 0.1) is 6.26 Å². The molecule has 1 amide bonds. The van der Waals surface area contributed by atoms with Crippen LogP contribution in [0.1, 0.15) is 18.6 Å². The predicted molar refractivity (Wildman–Crippen MR) is 66.4 cm³/mol. The minimum atomic E-state index is 0.0687. The average molecular weight is 234 g/mol. The minimum absolute atomic E-state index is 0.0687. The number of nitrogens with zero attached hydrogens (tertiary/aromatic N) is 1. The molecule has 0 bridgehead atoms. The summed E-state index contributed by atoms with van der Waals surface area (Å²) >= 11 is 0. The van der Waals surface area contributed by atoms with Gasteiger partial charge >= 0.3 is 0 Å². The number of likely N-dealkylation sites (N-methyl/N-ethyl adjacent to an activating group) is 1. The molecule has 0 saturated carbocycles. The second-order valence-electron chi connectivity index (χ2n) is 4.23. The van der Waals surface area contributed by atoms with E-state index in [0.717, 1.165) is 25.9 Å². The van der Waals surface area contributed by atoms with E-state index in [4.69, 9.17) is 4.42 Å². The smallest absolute Gasteiger partial charge is 0.246 e. The lowest BCUT2D eigenvalue weighted by Crippen LogP contribution is -2.39. The Morgan fingerprint density at radius 3 is 3.29 bits per heavy atom. The number of amides is 1. The molecule has 1 aromatic heterocycles. The van der Waals surface area contributed by atoms with Gasteiger partial charge in [-0.05, 0) is 38.1 Å². The number of nitrogens with one attached hydrogen (secondary N) is 1. The third kappa shape index (κ3) is 2.97. The van der Waals surface area contributed by atoms with Crippen LogP contribution in [0.15, 0.2) is 28.9 Å². The second-order valence-corrected chi connectivity index (χ2v) is 4.23. The van der Waals surface area contributed by atoms with Gasteiger partial charge in [0.15, 0.2) is 0 Å². The molecule has 1 aliphatic rings. The molecule has 0 spiro atoms. The molecule has 2 rings (SSSR count). The first-order valence-corrected chi connectivity index (χ1v) is 5.98. The van der Waals surface area contributed by atoms with E-state index < -0.39 is 0 Å². The Hall–Kier alpha value is -1.55. The van der Waals surface area contributed by atoms with Gasteiger partial charge in [0.25, 0.3) is 0 Å². The Morgan fingerprint density at radius 1 is 1.71 bits per heavy atom. The molecular weight excluding hydrogens is 216 g/mol. The summed E-state index contributed by atoms with van der Waals surface area (Å²) in [5.41, 5.74) is 0. The van der Waals surface area contributed by atoms with Crippen LogP contribution in [-0.4, -0.2) is 37.0 Å². The lowest BCUT2D eigenvalue weighted by Gasteiger charge is -2.22. The third-order valence-corrected chi connectivity index (χ3v) is 3.03. The number of rotatable bonds is 4. The van der Waals surface area contributed by atoms with Crippen molar-refractivity contribution >= 4 is 12.0 Å². The van der Waals surface area contributed by atoms with E-state index in [-0.39, 0.29) is 5.91 Å². The summed E-state index contributed by atoms with van der Waals surface area (Å²) in [4.78, 5) is 13.9. The van der Waals surface area contributed by atoms with Crippen molar-refractivity contribution in [2.75, 3.05) is 20.1 Å². The fourth-order valence-electron chi connectivity index (χ4n) is 2.21. The van der Waals surface area contributed by atoms with Crippen LogP contribution >= 0.6 is 0 Å². The van der Waals surface area contributed by atoms with E-state index in [1.165, 1.54) is 0 Å². The highest BCUT2D eigenvalue weighted by molar-refractivity contribution is 5.91. The molecular formula is C13H18N2O2. The zero-order valence-corrected chi connectivity index (χ0v) is 10.1. The predicted octanol–water partition coefficient (Wildman–Crippen LogP) is 1.50. The highest BCUT2D eigenvalue weighted by Gasteiger charge is 2.26. The number of carbonyl (C=O) groups is 1. The Morgan fingerprint density at radius 2 is 2.59 bits per heavy atom. The van der Waals surface area contributed by atoms with Crippen LogP contribution in [0.2, 0.25) is 0 Å². The first-order valence-electron chi connectivity index (χ1n) is 5.98. The van der Waals surface area contributed by atoms with Gasteiger partial charge in [-0.25, -0.2) is 0 Å². The quantitative estimate of drug-likeness (QED) is 0.803. The molecule has 4 heteroatoms. The molecule has 1 aliphatic heterocycles. The van der Waals surface area contributed by atoms with Gasteiger partial charge in [-0.15, -0.1) is 0 Å². The van der Waals surface area contributed by atoms with Crippen molar-refractivity contribution in [3.8, 4) is 0 Å². The van der Waals surface area contributed by atoms with Crippen molar-refractivity contribution in [1.82, 2.24) is 10.2 Å². The van der Waals surface area contributed by atoms with Gasteiger partial charge in [0, 0.05) is 25.2 Å². The van der Waals surface area contributed by atoms with Crippen LogP contribution in [0.5, 0.6) is 0 Å². The highest BCUT2D eigenvalue weighted by Crippen LogP contribution is 2.17. The topological polar surface area (TPSA) is 45.5 Å². The molecule has 1 saturated heterocycles. The molecule has 0 aliphatic carbocycles. The van der Waals surface area contributed by atoms with Crippen molar-refractivity contribution in [2.24, 2.45) is 0 Å². The molecule has 92 valence electrons. The molecule has 1 fully saturated rings. The SMILES string of the molecule is CNCC1CCCN1C(=O)/C=C/c1ccco1. The Labute approximate surface area is 101 Å². The molecule has 0 aromatic carbocycles. The second kappa shape index (κ2) is 5.68. The number of hydrogen-bond acceptors (Lipinski definition) is 3. The Kier molecular flexibility index (Phi) is 3.98. The summed E-state index contributed by atoms with van der Waals surface area (Å²) in [6.07, 6.45) is 7.08. The van der Waals surface area contributed by atoms with E-state index in [0.29, 0.717) is 11.8 Å². The summed E-state index contributed by atoms with van der Waals surface area (Å²) in [5.74, 6) is 0.780. The van der Waals surface area contributed by atoms with Crippen molar-refractivity contribution in [1.29, 1.82) is 0 Å². The van der Waals surface area contributed by atoms with E-state index in [1.54, 1.807) is 18.4 Å². The van der Waals surface area contributed by atoms with Gasteiger partial charge in [0.1, 0.15) is 5.76 Å². The normalized spacial score (nSPS) is 20.3. The average Bonchev–Trinajstić information content (AvgIpc) is 2.97. The Balaban J connectivity index is 1.95. The van der Waals surface area contributed by atoms with Crippen molar-refractivity contribution in [3.63, 3.8) is 0 Å². The van der Waals surface area contributed by atoms with Crippen LogP contribution in [0.3, 0.4) is 0 Å². The largest absolute Gasteiger partial charge is 0.465 e. The molecule has 1 aromatic rings. The number of hydrogen-bond donors (Lipinski definition) is 1. The lowest BCUT2D eigenvalue weighted by molar-refractivity contribution is -0.126. The van der Waals surface area contributed by atoms with Gasteiger partial charge in [0.2, 0.25) is 5.91 Å². The third-order valence-electron chi connectivity index (χ3n) is 3.03. The van der Waals surface area contributed by atoms with Crippen LogP contribution in [0.4, 0.5) is 0 Å². The highest BCUT2D eigenvalue weighted by atomic mass is 16.3. The standard InChI is InChI=1S/C13H18N2O2/c1-14-10-11-4-2-8-15(11)13(16)7-6-12-5-3-9-17-12/h3,5-7,9,11,14H,2,4,8,10H2,1H3/b7-6+. The molecule has 2 heterocycles. The van der Waals surface area contributed by atoms with Gasteiger partial charge in [-0.1, -0.05) is 0 Å². The monoisotopic (exact) mass is 234 g/mol. The van der Waals surface area contributed by atoms with Gasteiger partial charge < -0.3 is 14.6 Å². The van der Waals surface area contributed by atoms with E-state index in [2.05, 4.69) is 5.32 Å². The molecule has 17 heavy (non-hydrogen) atoms. The van der Waals surface area contributed by atoms with Crippen LogP contribution < -0.4 is 5.32 Å². The van der Waals surface area contributed by atoms with Gasteiger partial charge in [-0.3, -0.25) is 4.79 Å². The molecule has 4 nitrogen and oxygen atoms in total. The fraction of sp³-hybridized carbons (Fsp3) is 0.462. The molecule has 0 radical (unpaired) electrons. The zero-order valence-electron chi connectivity index (χ0n) is 10.1. The maximum atomic E-state index is 12.0. The van der Waals surface area contributed by atoms with Crippen LogP contribution in [0.25, 0.3) is 6.08 Å². The number of likely N-dealkylation sites (tertiary alicyclic amines) is 1. The summed E-state index contributed by atoms with van der Waals surface area (Å²) in [6.45, 7) is 1.72. The molecule has 1 N–H and O–H groups in total. The van der Waals surface area contributed by atoms with Crippen molar-refractivity contribution in [2.45, 2.75) is 18.9 Å². The maximum absolute atomic E-state index is 12.0. The number of carbonyl (C=O) groups excluding carboxylic acids is 1. The zero-order chi connectivity index (χ0) is 12.1. The summed E-state index contributed by atoms with van der Waals surface area (Å²) < 4.78 is 5.15. The lowest BCUT2D eigenvalue weighted by atomic mass is 10.2. The minimum Gasteiger partial charge on any atom is -0.465 e. The summed E-state index contributed by atoms with van der Waals surface area (Å²) in [5, 5.41) is 3.13. The first kappa shape index (κ1) is 11.9. The van der Waals surface area contributed by atoms with E-state index in [9.17, 15) is 4.79 Å². The van der Waals surface area contributed by atoms with E-state index in [1.807, 2.05) is 24.1 Å². The maximum Gasteiger partial charge on any atom is 0.246 e. The van der Waals surface area contributed by atoms with E-state index >= 15 is 0 Å². The molecule has 1 unspecified atom stereocenters. The van der Waals surface area contributed by atoms with Crippen molar-refractivity contribution < 1.29 is 9.21 Å². The van der Waals surface area contributed by atoms with Crippen LogP contribution in [0, 0.1) is 0 Å². The first-order chi connectivity index (χ1) is 8.31. The van der Waals surface area contributed by atoms with Gasteiger partial charge in [-0.2, -0.15) is 0 Å². The molecule has 1 atom stereocenters. The summed E-state index contributed by atoms with van der Waals surface area (Å²) in [7, 11) is 1.92. The number of furan rings is 1. The van der Waals surface area contributed by atoms with Crippen molar-refractivity contribution in [3.05, 3.63) is 30.2 Å². The fourth-order valence-corrected chi connectivity index (χ4v) is 2.21. The Bertz CT molecular complexity index is 384.